The second kappa shape index (κ2) is 4.29. The summed E-state index contributed by atoms with van der Waals surface area (Å²) in [6.07, 6.45) is 1.92. The number of ether oxygens (including phenoxy) is 2. The monoisotopic (exact) mass is 210 g/mol. The third-order valence-electron chi connectivity index (χ3n) is 2.66. The summed E-state index contributed by atoms with van der Waals surface area (Å²) >= 11 is 0. The number of hydrogen-bond acceptors (Lipinski definition) is 2. The Balaban J connectivity index is 2.30. The average molecular weight is 210 g/mol. The molecule has 0 radical (unpaired) electrons. The van der Waals surface area contributed by atoms with Crippen LogP contribution in [0.2, 0.25) is 0 Å². The molecule has 1 saturated heterocycles. The Kier molecular flexibility index (Phi) is 3.03. The van der Waals surface area contributed by atoms with Crippen molar-refractivity contribution in [3.05, 3.63) is 35.6 Å². The van der Waals surface area contributed by atoms with E-state index in [1.54, 1.807) is 25.1 Å². The van der Waals surface area contributed by atoms with Crippen LogP contribution < -0.4 is 0 Å². The summed E-state index contributed by atoms with van der Waals surface area (Å²) in [6.45, 7) is 3.01. The Morgan fingerprint density at radius 3 is 2.33 bits per heavy atom. The number of hydrogen-bond donors (Lipinski definition) is 0. The first-order chi connectivity index (χ1) is 7.22. The minimum Gasteiger partial charge on any atom is -0.346 e. The van der Waals surface area contributed by atoms with Gasteiger partial charge < -0.3 is 9.47 Å². The van der Waals surface area contributed by atoms with Crippen molar-refractivity contribution in [2.24, 2.45) is 0 Å². The van der Waals surface area contributed by atoms with E-state index in [-0.39, 0.29) is 5.82 Å². The minimum atomic E-state index is -0.929. The molecule has 2 nitrogen and oxygen atoms in total. The van der Waals surface area contributed by atoms with Crippen molar-refractivity contribution >= 4 is 0 Å². The smallest absolute Gasteiger partial charge is 0.194 e. The molecule has 0 saturated carbocycles. The van der Waals surface area contributed by atoms with Gasteiger partial charge in [0.1, 0.15) is 5.82 Å². The topological polar surface area (TPSA) is 18.5 Å². The van der Waals surface area contributed by atoms with E-state index in [9.17, 15) is 4.39 Å². The van der Waals surface area contributed by atoms with E-state index in [0.29, 0.717) is 18.8 Å². The van der Waals surface area contributed by atoms with Crippen LogP contribution in [0.1, 0.15) is 25.3 Å². The van der Waals surface area contributed by atoms with Gasteiger partial charge in [-0.15, -0.1) is 0 Å². The van der Waals surface area contributed by atoms with E-state index in [1.807, 2.05) is 0 Å². The Hall–Kier alpha value is -0.930. The zero-order valence-electron chi connectivity index (χ0n) is 8.83. The first kappa shape index (κ1) is 10.6. The third kappa shape index (κ3) is 2.19. The first-order valence-corrected chi connectivity index (χ1v) is 5.25. The summed E-state index contributed by atoms with van der Waals surface area (Å²) < 4.78 is 24.8. The highest BCUT2D eigenvalue weighted by atomic mass is 19.1. The highest BCUT2D eigenvalue weighted by Crippen LogP contribution is 2.31. The minimum absolute atomic E-state index is 0.276. The molecule has 1 fully saturated rings. The van der Waals surface area contributed by atoms with E-state index in [2.05, 4.69) is 0 Å². The Morgan fingerprint density at radius 1 is 1.13 bits per heavy atom. The molecule has 0 spiro atoms. The van der Waals surface area contributed by atoms with Gasteiger partial charge in [-0.2, -0.15) is 0 Å². The SMILES string of the molecule is CC1(c2ccccc2F)OCCCCO1. The molecule has 3 heteroatoms. The first-order valence-electron chi connectivity index (χ1n) is 5.25. The highest BCUT2D eigenvalue weighted by molar-refractivity contribution is 5.22. The van der Waals surface area contributed by atoms with Gasteiger partial charge in [0, 0.05) is 5.56 Å². The standard InChI is InChI=1S/C12H15FO2/c1-12(14-8-4-5-9-15-12)10-6-2-3-7-11(10)13/h2-3,6-7H,4-5,8-9H2,1H3. The number of benzene rings is 1. The second-order valence-corrected chi connectivity index (χ2v) is 3.83. The molecule has 15 heavy (non-hydrogen) atoms. The van der Waals surface area contributed by atoms with Crippen LogP contribution in [0.25, 0.3) is 0 Å². The number of rotatable bonds is 1. The van der Waals surface area contributed by atoms with Crippen molar-refractivity contribution in [2.75, 3.05) is 13.2 Å². The van der Waals surface area contributed by atoms with Crippen molar-refractivity contribution in [1.82, 2.24) is 0 Å². The Bertz CT molecular complexity index is 330. The Morgan fingerprint density at radius 2 is 1.73 bits per heavy atom. The van der Waals surface area contributed by atoms with Crippen LogP contribution in [0, 0.1) is 5.82 Å². The molecule has 1 aromatic rings. The van der Waals surface area contributed by atoms with Gasteiger partial charge in [0.2, 0.25) is 0 Å². The second-order valence-electron chi connectivity index (χ2n) is 3.83. The van der Waals surface area contributed by atoms with Gasteiger partial charge in [0.05, 0.1) is 13.2 Å². The fraction of sp³-hybridized carbons (Fsp3) is 0.500. The fourth-order valence-corrected chi connectivity index (χ4v) is 1.76. The van der Waals surface area contributed by atoms with Crippen LogP contribution in [-0.4, -0.2) is 13.2 Å². The molecule has 0 amide bonds. The molecule has 1 aliphatic rings. The van der Waals surface area contributed by atoms with Crippen molar-refractivity contribution in [2.45, 2.75) is 25.6 Å². The van der Waals surface area contributed by atoms with Gasteiger partial charge in [-0.25, -0.2) is 4.39 Å². The third-order valence-corrected chi connectivity index (χ3v) is 2.66. The van der Waals surface area contributed by atoms with Crippen LogP contribution in [0.4, 0.5) is 4.39 Å². The zero-order valence-corrected chi connectivity index (χ0v) is 8.83. The molecule has 0 atom stereocenters. The van der Waals surface area contributed by atoms with Crippen LogP contribution in [-0.2, 0) is 15.3 Å². The largest absolute Gasteiger partial charge is 0.346 e. The molecule has 1 heterocycles. The van der Waals surface area contributed by atoms with Crippen molar-refractivity contribution in [3.63, 3.8) is 0 Å². The fourth-order valence-electron chi connectivity index (χ4n) is 1.76. The predicted octanol–water partition coefficient (Wildman–Crippen LogP) is 2.83. The predicted molar refractivity (Wildman–Crippen MR) is 54.9 cm³/mol. The van der Waals surface area contributed by atoms with E-state index in [1.165, 1.54) is 6.07 Å². The molecule has 1 aliphatic heterocycles. The van der Waals surface area contributed by atoms with Gasteiger partial charge in [-0.1, -0.05) is 18.2 Å². The molecule has 0 aromatic heterocycles. The summed E-state index contributed by atoms with van der Waals surface area (Å²) in [7, 11) is 0. The molecule has 1 aromatic carbocycles. The summed E-state index contributed by atoms with van der Waals surface area (Å²) in [6, 6.07) is 6.60. The van der Waals surface area contributed by atoms with Crippen LogP contribution in [0.5, 0.6) is 0 Å². The van der Waals surface area contributed by atoms with Gasteiger partial charge in [-0.3, -0.25) is 0 Å². The van der Waals surface area contributed by atoms with E-state index < -0.39 is 5.79 Å². The number of halogens is 1. The molecule has 0 N–H and O–H groups in total. The molecular weight excluding hydrogens is 195 g/mol. The maximum atomic E-state index is 13.6. The molecule has 0 unspecified atom stereocenters. The van der Waals surface area contributed by atoms with Crippen LogP contribution in [0.3, 0.4) is 0 Å². The summed E-state index contributed by atoms with van der Waals surface area (Å²) in [4.78, 5) is 0. The van der Waals surface area contributed by atoms with Crippen molar-refractivity contribution in [1.29, 1.82) is 0 Å². The summed E-state index contributed by atoms with van der Waals surface area (Å²) in [5.41, 5.74) is 0.479. The normalized spacial score (nSPS) is 20.9. The average Bonchev–Trinajstić information content (AvgIpc) is 2.44. The lowest BCUT2D eigenvalue weighted by molar-refractivity contribution is -0.223. The Labute approximate surface area is 89.0 Å². The summed E-state index contributed by atoms with van der Waals surface area (Å²) in [5.74, 6) is -1.20. The van der Waals surface area contributed by atoms with Gasteiger partial charge >= 0.3 is 0 Å². The molecule has 0 bridgehead atoms. The molecular formula is C12H15FO2. The van der Waals surface area contributed by atoms with Crippen molar-refractivity contribution < 1.29 is 13.9 Å². The van der Waals surface area contributed by atoms with E-state index in [4.69, 9.17) is 9.47 Å². The lowest BCUT2D eigenvalue weighted by Crippen LogP contribution is -2.29. The molecule has 0 aliphatic carbocycles. The van der Waals surface area contributed by atoms with Gasteiger partial charge in [0.15, 0.2) is 5.79 Å². The maximum absolute atomic E-state index is 13.6. The lowest BCUT2D eigenvalue weighted by atomic mass is 10.1. The quantitative estimate of drug-likeness (QED) is 0.709. The molecule has 2 rings (SSSR count). The van der Waals surface area contributed by atoms with Crippen molar-refractivity contribution in [3.8, 4) is 0 Å². The van der Waals surface area contributed by atoms with E-state index in [0.717, 1.165) is 12.8 Å². The van der Waals surface area contributed by atoms with Gasteiger partial charge in [-0.05, 0) is 25.8 Å². The van der Waals surface area contributed by atoms with Gasteiger partial charge in [0.25, 0.3) is 0 Å². The van der Waals surface area contributed by atoms with Crippen LogP contribution in [0.15, 0.2) is 24.3 Å². The van der Waals surface area contributed by atoms with Crippen LogP contribution >= 0.6 is 0 Å². The molecule has 82 valence electrons. The lowest BCUT2D eigenvalue weighted by Gasteiger charge is -2.28. The summed E-state index contributed by atoms with van der Waals surface area (Å²) in [5, 5.41) is 0. The highest BCUT2D eigenvalue weighted by Gasteiger charge is 2.32. The maximum Gasteiger partial charge on any atom is 0.194 e. The van der Waals surface area contributed by atoms with E-state index >= 15 is 0 Å². The zero-order chi connectivity index (χ0) is 10.7.